The molecule has 6 heteroatoms. The largest absolute Gasteiger partial charge is 0.507 e. The van der Waals surface area contributed by atoms with Gasteiger partial charge in [0.05, 0.1) is 10.2 Å². The van der Waals surface area contributed by atoms with Gasteiger partial charge in [-0.25, -0.2) is 0 Å². The number of phenols is 2. The number of halogens is 1. The summed E-state index contributed by atoms with van der Waals surface area (Å²) in [6, 6.07) is 8.09. The molecule has 0 atom stereocenters. The topological polar surface area (TPSA) is 68.1 Å². The summed E-state index contributed by atoms with van der Waals surface area (Å²) >= 11 is 3.36. The van der Waals surface area contributed by atoms with E-state index in [1.807, 2.05) is 19.1 Å². The van der Waals surface area contributed by atoms with Crippen molar-refractivity contribution in [2.75, 3.05) is 31.1 Å². The van der Waals surface area contributed by atoms with Gasteiger partial charge in [0.25, 0.3) is 0 Å². The van der Waals surface area contributed by atoms with E-state index in [0.717, 1.165) is 37.4 Å². The lowest BCUT2D eigenvalue weighted by Gasteiger charge is -2.29. The number of nitrogens with one attached hydrogen (secondary N) is 1. The minimum absolute atomic E-state index is 0.0550. The van der Waals surface area contributed by atoms with Crippen LogP contribution in [0.2, 0.25) is 0 Å². The first-order valence-corrected chi connectivity index (χ1v) is 9.08. The Hall–Kier alpha value is -2.05. The zero-order valence-electron chi connectivity index (χ0n) is 14.4. The van der Waals surface area contributed by atoms with Crippen LogP contribution in [0.5, 0.6) is 11.5 Å². The highest BCUT2D eigenvalue weighted by Gasteiger charge is 2.16. The zero-order chi connectivity index (χ0) is 18.0. The average Bonchev–Trinajstić information content (AvgIpc) is 2.66. The molecule has 2 aromatic carbocycles. The molecule has 132 valence electrons. The molecular formula is C19H22BrN3O2. The lowest BCUT2D eigenvalue weighted by atomic mass is 10.0. The molecule has 1 fully saturated rings. The van der Waals surface area contributed by atoms with Gasteiger partial charge in [-0.15, -0.1) is 0 Å². The fraction of sp³-hybridized carbons (Fsp3) is 0.316. The Balaban J connectivity index is 1.83. The summed E-state index contributed by atoms with van der Waals surface area (Å²) in [5.41, 5.74) is 3.81. The van der Waals surface area contributed by atoms with Gasteiger partial charge >= 0.3 is 0 Å². The summed E-state index contributed by atoms with van der Waals surface area (Å²) < 4.78 is 0.582. The summed E-state index contributed by atoms with van der Waals surface area (Å²) in [4.78, 5) is 6.83. The van der Waals surface area contributed by atoms with Gasteiger partial charge in [-0.2, -0.15) is 0 Å². The standard InChI is InChI=1S/C19H22BrN3O2/c1-12-16(18(24)13(2)19(25)17(12)20)11-22-14-3-5-15(6-4-14)23-9-7-21-8-10-23/h3-6,11,21,24-25H,7-10H2,1-2H3. The quantitative estimate of drug-likeness (QED) is 0.684. The van der Waals surface area contributed by atoms with Gasteiger partial charge in [-0.3, -0.25) is 4.99 Å². The number of phenolic OH excluding ortho intramolecular Hbond substituents is 2. The van der Waals surface area contributed by atoms with E-state index in [9.17, 15) is 10.2 Å². The molecule has 25 heavy (non-hydrogen) atoms. The number of hydrogen-bond acceptors (Lipinski definition) is 5. The molecule has 0 aromatic heterocycles. The molecule has 1 heterocycles. The van der Waals surface area contributed by atoms with Crippen molar-refractivity contribution in [3.05, 3.63) is 45.4 Å². The first-order chi connectivity index (χ1) is 12.0. The summed E-state index contributed by atoms with van der Waals surface area (Å²) in [5.74, 6) is 0.118. The second kappa shape index (κ2) is 7.45. The first-order valence-electron chi connectivity index (χ1n) is 8.29. The Kier molecular flexibility index (Phi) is 5.30. The maximum Gasteiger partial charge on any atom is 0.136 e. The van der Waals surface area contributed by atoms with Crippen LogP contribution in [0.3, 0.4) is 0 Å². The van der Waals surface area contributed by atoms with Gasteiger partial charge in [0, 0.05) is 49.2 Å². The van der Waals surface area contributed by atoms with Crippen LogP contribution in [-0.4, -0.2) is 42.6 Å². The first kappa shape index (κ1) is 17.8. The second-order valence-corrected chi connectivity index (χ2v) is 6.98. The van der Waals surface area contributed by atoms with E-state index in [2.05, 4.69) is 43.3 Å². The fourth-order valence-corrected chi connectivity index (χ4v) is 3.43. The van der Waals surface area contributed by atoms with Gasteiger partial charge in [-0.1, -0.05) is 0 Å². The van der Waals surface area contributed by atoms with E-state index >= 15 is 0 Å². The van der Waals surface area contributed by atoms with Crippen molar-refractivity contribution in [2.45, 2.75) is 13.8 Å². The SMILES string of the molecule is Cc1c(O)c(Br)c(C)c(C=Nc2ccc(N3CCNCC3)cc2)c1O. The summed E-state index contributed by atoms with van der Waals surface area (Å²) in [6.45, 7) is 7.54. The van der Waals surface area contributed by atoms with Gasteiger partial charge in [0.1, 0.15) is 11.5 Å². The molecule has 0 aliphatic carbocycles. The number of piperazine rings is 1. The molecule has 0 bridgehead atoms. The van der Waals surface area contributed by atoms with E-state index in [-0.39, 0.29) is 11.5 Å². The monoisotopic (exact) mass is 403 g/mol. The fourth-order valence-electron chi connectivity index (χ4n) is 2.92. The Labute approximate surface area is 156 Å². The lowest BCUT2D eigenvalue weighted by molar-refractivity contribution is 0.439. The van der Waals surface area contributed by atoms with Crippen molar-refractivity contribution in [2.24, 2.45) is 4.99 Å². The van der Waals surface area contributed by atoms with Crippen LogP contribution in [-0.2, 0) is 0 Å². The Morgan fingerprint density at radius 2 is 1.68 bits per heavy atom. The van der Waals surface area contributed by atoms with Crippen molar-refractivity contribution in [1.29, 1.82) is 0 Å². The zero-order valence-corrected chi connectivity index (χ0v) is 16.0. The molecule has 0 spiro atoms. The van der Waals surface area contributed by atoms with Crippen molar-refractivity contribution in [3.8, 4) is 11.5 Å². The molecule has 3 N–H and O–H groups in total. The molecule has 2 aromatic rings. The highest BCUT2D eigenvalue weighted by molar-refractivity contribution is 9.10. The van der Waals surface area contributed by atoms with E-state index in [0.29, 0.717) is 15.6 Å². The van der Waals surface area contributed by atoms with Crippen LogP contribution in [0.25, 0.3) is 0 Å². The summed E-state index contributed by atoms with van der Waals surface area (Å²) in [5, 5.41) is 23.6. The maximum atomic E-state index is 10.3. The van der Waals surface area contributed by atoms with Gasteiger partial charge < -0.3 is 20.4 Å². The number of hydrogen-bond donors (Lipinski definition) is 3. The molecule has 0 saturated carbocycles. The molecule has 0 radical (unpaired) electrons. The van der Waals surface area contributed by atoms with Gasteiger partial charge in [-0.05, 0) is 59.6 Å². The molecule has 5 nitrogen and oxygen atoms in total. The summed E-state index contributed by atoms with van der Waals surface area (Å²) in [6.07, 6.45) is 1.64. The molecule has 1 saturated heterocycles. The molecular weight excluding hydrogens is 382 g/mol. The normalized spacial score (nSPS) is 15.1. The van der Waals surface area contributed by atoms with Gasteiger partial charge in [0.15, 0.2) is 0 Å². The number of nitrogens with zero attached hydrogens (tertiary/aromatic N) is 2. The molecule has 0 unspecified atom stereocenters. The van der Waals surface area contributed by atoms with E-state index in [4.69, 9.17) is 0 Å². The van der Waals surface area contributed by atoms with Crippen LogP contribution < -0.4 is 10.2 Å². The smallest absolute Gasteiger partial charge is 0.136 e. The summed E-state index contributed by atoms with van der Waals surface area (Å²) in [7, 11) is 0. The van der Waals surface area contributed by atoms with Crippen LogP contribution in [0, 0.1) is 13.8 Å². The Bertz CT molecular complexity index is 768. The van der Waals surface area contributed by atoms with Crippen LogP contribution in [0.15, 0.2) is 33.7 Å². The van der Waals surface area contributed by atoms with Crippen molar-refractivity contribution >= 4 is 33.5 Å². The van der Waals surface area contributed by atoms with Gasteiger partial charge in [0.2, 0.25) is 0 Å². The van der Waals surface area contributed by atoms with E-state index < -0.39 is 0 Å². The average molecular weight is 404 g/mol. The molecule has 0 amide bonds. The maximum absolute atomic E-state index is 10.3. The highest BCUT2D eigenvalue weighted by Crippen LogP contribution is 2.39. The van der Waals surface area contributed by atoms with Crippen molar-refractivity contribution in [3.63, 3.8) is 0 Å². The highest BCUT2D eigenvalue weighted by atomic mass is 79.9. The number of aliphatic imine (C=N–C) groups is 1. The minimum atomic E-state index is 0.0550. The van der Waals surface area contributed by atoms with Crippen molar-refractivity contribution < 1.29 is 10.2 Å². The molecule has 3 rings (SSSR count). The number of benzene rings is 2. The van der Waals surface area contributed by atoms with Crippen molar-refractivity contribution in [1.82, 2.24) is 5.32 Å². The number of aromatic hydroxyl groups is 2. The Morgan fingerprint density at radius 3 is 2.32 bits per heavy atom. The third-order valence-electron chi connectivity index (χ3n) is 4.58. The third kappa shape index (κ3) is 3.65. The minimum Gasteiger partial charge on any atom is -0.507 e. The second-order valence-electron chi connectivity index (χ2n) is 6.19. The predicted molar refractivity (Wildman–Crippen MR) is 106 cm³/mol. The molecule has 1 aliphatic rings. The van der Waals surface area contributed by atoms with Crippen LogP contribution in [0.4, 0.5) is 11.4 Å². The van der Waals surface area contributed by atoms with E-state index in [1.165, 1.54) is 5.69 Å². The third-order valence-corrected chi connectivity index (χ3v) is 5.55. The molecule has 1 aliphatic heterocycles. The number of rotatable bonds is 3. The lowest BCUT2D eigenvalue weighted by Crippen LogP contribution is -2.43. The van der Waals surface area contributed by atoms with Crippen LogP contribution >= 0.6 is 15.9 Å². The number of anilines is 1. The van der Waals surface area contributed by atoms with E-state index in [1.54, 1.807) is 13.1 Å². The Morgan fingerprint density at radius 1 is 1.04 bits per heavy atom. The van der Waals surface area contributed by atoms with Crippen LogP contribution in [0.1, 0.15) is 16.7 Å². The predicted octanol–water partition coefficient (Wildman–Crippen LogP) is 3.64.